The third-order valence-corrected chi connectivity index (χ3v) is 4.72. The second-order valence-electron chi connectivity index (χ2n) is 7.03. The summed E-state index contributed by atoms with van der Waals surface area (Å²) >= 11 is 0. The first-order chi connectivity index (χ1) is 11.5. The number of hydrogen-bond acceptors (Lipinski definition) is 4. The molecule has 1 heterocycles. The average Bonchev–Trinajstić information content (AvgIpc) is 2.57. The van der Waals surface area contributed by atoms with Crippen LogP contribution in [0.1, 0.15) is 32.3 Å². The third kappa shape index (κ3) is 7.32. The van der Waals surface area contributed by atoms with Crippen molar-refractivity contribution in [3.05, 3.63) is 35.9 Å². The van der Waals surface area contributed by atoms with Gasteiger partial charge in [-0.15, -0.1) is 12.4 Å². The van der Waals surface area contributed by atoms with Crippen LogP contribution in [0, 0.1) is 0 Å². The molecule has 2 rings (SSSR count). The van der Waals surface area contributed by atoms with E-state index in [9.17, 15) is 4.79 Å². The van der Waals surface area contributed by atoms with E-state index in [1.54, 1.807) is 0 Å². The molecule has 0 saturated carbocycles. The second-order valence-corrected chi connectivity index (χ2v) is 7.03. The molecule has 0 bridgehead atoms. The smallest absolute Gasteiger partial charge is 0.239 e. The lowest BCUT2D eigenvalue weighted by Gasteiger charge is -2.35. The summed E-state index contributed by atoms with van der Waals surface area (Å²) in [6.45, 7) is 10.7. The molecule has 0 aromatic heterocycles. The van der Waals surface area contributed by atoms with Crippen LogP contribution in [0.3, 0.4) is 0 Å². The zero-order valence-corrected chi connectivity index (χ0v) is 16.4. The Hall–Kier alpha value is -1.14. The lowest BCUT2D eigenvalue weighted by Crippen LogP contribution is -2.53. The Morgan fingerprint density at radius 1 is 1.16 bits per heavy atom. The highest BCUT2D eigenvalue weighted by molar-refractivity contribution is 5.85. The highest BCUT2D eigenvalue weighted by atomic mass is 35.5. The number of nitrogens with one attached hydrogen (secondary N) is 1. The van der Waals surface area contributed by atoms with Crippen molar-refractivity contribution in [2.75, 3.05) is 39.3 Å². The fourth-order valence-corrected chi connectivity index (χ4v) is 3.17. The predicted molar refractivity (Wildman–Crippen MR) is 106 cm³/mol. The third-order valence-electron chi connectivity index (χ3n) is 4.72. The molecule has 1 aromatic rings. The summed E-state index contributed by atoms with van der Waals surface area (Å²) in [5.41, 5.74) is 6.67. The van der Waals surface area contributed by atoms with Crippen LogP contribution >= 0.6 is 12.4 Å². The number of nitrogens with two attached hydrogens (primary N) is 1. The molecule has 1 fully saturated rings. The van der Waals surface area contributed by atoms with Gasteiger partial charge in [-0.1, -0.05) is 43.7 Å². The Kier molecular flexibility index (Phi) is 9.43. The van der Waals surface area contributed by atoms with E-state index >= 15 is 0 Å². The number of piperazine rings is 1. The second kappa shape index (κ2) is 10.8. The molecule has 1 aliphatic heterocycles. The van der Waals surface area contributed by atoms with E-state index in [2.05, 4.69) is 45.4 Å². The molecule has 25 heavy (non-hydrogen) atoms. The zero-order chi connectivity index (χ0) is 17.4. The molecular formula is C19H33ClN4O. The van der Waals surface area contributed by atoms with Gasteiger partial charge in [-0.2, -0.15) is 0 Å². The fourth-order valence-electron chi connectivity index (χ4n) is 3.17. The van der Waals surface area contributed by atoms with Gasteiger partial charge in [0.15, 0.2) is 0 Å². The molecule has 1 amide bonds. The molecule has 0 aliphatic carbocycles. The van der Waals surface area contributed by atoms with Crippen molar-refractivity contribution in [3.63, 3.8) is 0 Å². The van der Waals surface area contributed by atoms with E-state index < -0.39 is 5.54 Å². The number of amides is 1. The van der Waals surface area contributed by atoms with Crippen LogP contribution in [0.2, 0.25) is 0 Å². The monoisotopic (exact) mass is 368 g/mol. The highest BCUT2D eigenvalue weighted by Crippen LogP contribution is 2.09. The van der Waals surface area contributed by atoms with E-state index in [1.807, 2.05) is 13.8 Å². The summed E-state index contributed by atoms with van der Waals surface area (Å²) in [6.07, 6.45) is 1.64. The predicted octanol–water partition coefficient (Wildman–Crippen LogP) is 1.86. The molecule has 1 unspecified atom stereocenters. The summed E-state index contributed by atoms with van der Waals surface area (Å²) in [5.74, 6) is -0.0351. The standard InChI is InChI=1S/C19H32N4O.ClH/c1-3-9-19(2,20)18(24)21-10-11-22-12-14-23(15-13-22)16-17-7-5-4-6-8-17;/h4-8H,3,9-16,20H2,1-2H3,(H,21,24);1H. The molecule has 1 atom stereocenters. The van der Waals surface area contributed by atoms with Gasteiger partial charge in [0.2, 0.25) is 5.91 Å². The summed E-state index contributed by atoms with van der Waals surface area (Å²) in [7, 11) is 0. The van der Waals surface area contributed by atoms with Crippen LogP contribution in [-0.4, -0.2) is 60.5 Å². The van der Waals surface area contributed by atoms with Gasteiger partial charge in [0.05, 0.1) is 5.54 Å². The van der Waals surface area contributed by atoms with Crippen molar-refractivity contribution >= 4 is 18.3 Å². The number of benzene rings is 1. The Bertz CT molecular complexity index is 501. The number of carbonyl (C=O) groups excluding carboxylic acids is 1. The number of carbonyl (C=O) groups is 1. The van der Waals surface area contributed by atoms with Gasteiger partial charge in [-0.25, -0.2) is 0 Å². The Labute approximate surface area is 158 Å². The minimum Gasteiger partial charge on any atom is -0.353 e. The van der Waals surface area contributed by atoms with Crippen LogP contribution in [0.5, 0.6) is 0 Å². The maximum Gasteiger partial charge on any atom is 0.239 e. The first-order valence-corrected chi connectivity index (χ1v) is 9.07. The van der Waals surface area contributed by atoms with E-state index in [1.165, 1.54) is 5.56 Å². The van der Waals surface area contributed by atoms with E-state index in [4.69, 9.17) is 5.73 Å². The molecule has 6 heteroatoms. The van der Waals surface area contributed by atoms with E-state index in [-0.39, 0.29) is 18.3 Å². The Morgan fingerprint density at radius 3 is 2.36 bits per heavy atom. The van der Waals surface area contributed by atoms with Gasteiger partial charge in [0.25, 0.3) is 0 Å². The molecular weight excluding hydrogens is 336 g/mol. The summed E-state index contributed by atoms with van der Waals surface area (Å²) in [4.78, 5) is 17.0. The first kappa shape index (κ1) is 21.9. The van der Waals surface area contributed by atoms with Crippen molar-refractivity contribution in [1.82, 2.24) is 15.1 Å². The molecule has 0 spiro atoms. The van der Waals surface area contributed by atoms with Gasteiger partial charge >= 0.3 is 0 Å². The molecule has 1 saturated heterocycles. The topological polar surface area (TPSA) is 61.6 Å². The van der Waals surface area contributed by atoms with Crippen LogP contribution in [0.25, 0.3) is 0 Å². The summed E-state index contributed by atoms with van der Waals surface area (Å²) in [5, 5.41) is 2.99. The largest absolute Gasteiger partial charge is 0.353 e. The van der Waals surface area contributed by atoms with Crippen LogP contribution < -0.4 is 11.1 Å². The number of hydrogen-bond donors (Lipinski definition) is 2. The number of rotatable bonds is 8. The highest BCUT2D eigenvalue weighted by Gasteiger charge is 2.26. The van der Waals surface area contributed by atoms with E-state index in [0.717, 1.165) is 52.1 Å². The van der Waals surface area contributed by atoms with Crippen LogP contribution in [0.4, 0.5) is 0 Å². The Morgan fingerprint density at radius 2 is 1.76 bits per heavy atom. The maximum absolute atomic E-state index is 12.1. The molecule has 0 radical (unpaired) electrons. The van der Waals surface area contributed by atoms with Gasteiger partial charge in [0.1, 0.15) is 0 Å². The van der Waals surface area contributed by atoms with Crippen molar-refractivity contribution in [1.29, 1.82) is 0 Å². The summed E-state index contributed by atoms with van der Waals surface area (Å²) < 4.78 is 0. The van der Waals surface area contributed by atoms with Crippen LogP contribution in [-0.2, 0) is 11.3 Å². The molecule has 5 nitrogen and oxygen atoms in total. The molecule has 1 aliphatic rings. The van der Waals surface area contributed by atoms with Gasteiger partial charge < -0.3 is 11.1 Å². The number of nitrogens with zero attached hydrogens (tertiary/aromatic N) is 2. The molecule has 3 N–H and O–H groups in total. The fraction of sp³-hybridized carbons (Fsp3) is 0.632. The first-order valence-electron chi connectivity index (χ1n) is 9.07. The van der Waals surface area contributed by atoms with E-state index in [0.29, 0.717) is 6.54 Å². The van der Waals surface area contributed by atoms with Crippen molar-refractivity contribution in [3.8, 4) is 0 Å². The molecule has 1 aromatic carbocycles. The lowest BCUT2D eigenvalue weighted by atomic mass is 9.96. The maximum atomic E-state index is 12.1. The average molecular weight is 369 g/mol. The SMILES string of the molecule is CCCC(C)(N)C(=O)NCCN1CCN(Cc2ccccc2)CC1.Cl. The summed E-state index contributed by atoms with van der Waals surface area (Å²) in [6, 6.07) is 10.6. The van der Waals surface area contributed by atoms with Gasteiger partial charge in [-0.05, 0) is 18.9 Å². The minimum absolute atomic E-state index is 0. The lowest BCUT2D eigenvalue weighted by molar-refractivity contribution is -0.126. The minimum atomic E-state index is -0.747. The number of halogens is 1. The van der Waals surface area contributed by atoms with Crippen LogP contribution in [0.15, 0.2) is 30.3 Å². The van der Waals surface area contributed by atoms with Crippen molar-refractivity contribution < 1.29 is 4.79 Å². The molecule has 142 valence electrons. The van der Waals surface area contributed by atoms with Crippen molar-refractivity contribution in [2.24, 2.45) is 5.73 Å². The Balaban J connectivity index is 0.00000312. The quantitative estimate of drug-likeness (QED) is 0.735. The van der Waals surface area contributed by atoms with Gasteiger partial charge in [0, 0.05) is 45.8 Å². The van der Waals surface area contributed by atoms with Crippen molar-refractivity contribution in [2.45, 2.75) is 38.8 Å². The zero-order valence-electron chi connectivity index (χ0n) is 15.5. The normalized spacial score (nSPS) is 18.2. The van der Waals surface area contributed by atoms with Gasteiger partial charge in [-0.3, -0.25) is 14.6 Å².